The molecule has 0 bridgehead atoms. The number of hydrogen-bond acceptors (Lipinski definition) is 4. The highest BCUT2D eigenvalue weighted by atomic mass is 16.5. The number of hydrogen-bond donors (Lipinski definition) is 2. The number of likely N-dealkylation sites (N-methyl/N-ethyl adjacent to an activating group) is 1. The Morgan fingerprint density at radius 1 is 1.44 bits per heavy atom. The summed E-state index contributed by atoms with van der Waals surface area (Å²) in [7, 11) is 0. The Morgan fingerprint density at radius 3 is 2.94 bits per heavy atom. The molecule has 4 unspecified atom stereocenters. The molecule has 1 aliphatic carbocycles. The minimum atomic E-state index is 0.263. The van der Waals surface area contributed by atoms with Gasteiger partial charge in [0.05, 0.1) is 18.8 Å². The number of morpholine rings is 1. The molecule has 4 nitrogen and oxygen atoms in total. The number of nitrogens with zero attached hydrogens (tertiary/aromatic N) is 1. The summed E-state index contributed by atoms with van der Waals surface area (Å²) < 4.78 is 5.97. The van der Waals surface area contributed by atoms with E-state index in [4.69, 9.17) is 10.6 Å². The van der Waals surface area contributed by atoms with Crippen LogP contribution in [-0.2, 0) is 4.74 Å². The fourth-order valence-electron chi connectivity index (χ4n) is 3.59. The van der Waals surface area contributed by atoms with Crippen molar-refractivity contribution in [1.82, 2.24) is 10.3 Å². The van der Waals surface area contributed by atoms with Gasteiger partial charge in [-0.1, -0.05) is 26.7 Å². The van der Waals surface area contributed by atoms with Crippen molar-refractivity contribution in [2.75, 3.05) is 26.2 Å². The highest BCUT2D eigenvalue weighted by Gasteiger charge is 2.34. The first-order chi connectivity index (χ1) is 8.74. The summed E-state index contributed by atoms with van der Waals surface area (Å²) in [5.74, 6) is 7.34. The molecule has 1 aliphatic heterocycles. The van der Waals surface area contributed by atoms with E-state index in [1.807, 2.05) is 0 Å². The fraction of sp³-hybridized carbons (Fsp3) is 1.00. The lowest BCUT2D eigenvalue weighted by Gasteiger charge is -2.41. The highest BCUT2D eigenvalue weighted by Crippen LogP contribution is 2.32. The van der Waals surface area contributed by atoms with Crippen LogP contribution in [0.3, 0.4) is 0 Å². The number of nitrogens with one attached hydrogen (secondary N) is 1. The van der Waals surface area contributed by atoms with Crippen LogP contribution in [0.5, 0.6) is 0 Å². The minimum absolute atomic E-state index is 0.263. The molecule has 4 atom stereocenters. The van der Waals surface area contributed by atoms with Gasteiger partial charge in [0.1, 0.15) is 0 Å². The van der Waals surface area contributed by atoms with Crippen molar-refractivity contribution < 1.29 is 4.74 Å². The van der Waals surface area contributed by atoms with E-state index < -0.39 is 0 Å². The zero-order valence-corrected chi connectivity index (χ0v) is 11.9. The molecule has 1 saturated heterocycles. The SMILES string of the molecule is CCN1CCOC(C(NN)C2CCCC(C)C2)C1. The summed E-state index contributed by atoms with van der Waals surface area (Å²) >= 11 is 0. The lowest BCUT2D eigenvalue weighted by molar-refractivity contribution is -0.0596. The predicted molar refractivity (Wildman–Crippen MR) is 74.1 cm³/mol. The summed E-state index contributed by atoms with van der Waals surface area (Å²) in [6.45, 7) is 8.62. The van der Waals surface area contributed by atoms with Crippen LogP contribution in [0, 0.1) is 11.8 Å². The van der Waals surface area contributed by atoms with Gasteiger partial charge in [-0.3, -0.25) is 16.2 Å². The Labute approximate surface area is 111 Å². The van der Waals surface area contributed by atoms with E-state index in [2.05, 4.69) is 24.2 Å². The van der Waals surface area contributed by atoms with E-state index in [1.165, 1.54) is 25.7 Å². The first-order valence-electron chi connectivity index (χ1n) is 7.54. The standard InChI is InChI=1S/C14H29N3O/c1-3-17-7-8-18-13(10-17)14(16-15)12-6-4-5-11(2)9-12/h11-14,16H,3-10,15H2,1-2H3. The molecule has 2 rings (SSSR count). The number of nitrogens with two attached hydrogens (primary N) is 1. The third kappa shape index (κ3) is 3.44. The molecule has 0 radical (unpaired) electrons. The van der Waals surface area contributed by atoms with Crippen LogP contribution in [0.25, 0.3) is 0 Å². The Bertz CT molecular complexity index is 249. The molecule has 0 spiro atoms. The molecule has 0 aromatic carbocycles. The Morgan fingerprint density at radius 2 is 2.28 bits per heavy atom. The maximum absolute atomic E-state index is 5.97. The van der Waals surface area contributed by atoms with Crippen molar-refractivity contribution >= 4 is 0 Å². The largest absolute Gasteiger partial charge is 0.374 e. The third-order valence-corrected chi connectivity index (χ3v) is 4.70. The average molecular weight is 255 g/mol. The molecule has 4 heteroatoms. The molecule has 2 fully saturated rings. The molecule has 3 N–H and O–H groups in total. The van der Waals surface area contributed by atoms with Crippen LogP contribution in [-0.4, -0.2) is 43.3 Å². The van der Waals surface area contributed by atoms with E-state index in [9.17, 15) is 0 Å². The van der Waals surface area contributed by atoms with Gasteiger partial charge in [-0.05, 0) is 31.2 Å². The molecule has 0 amide bonds. The van der Waals surface area contributed by atoms with Crippen LogP contribution >= 0.6 is 0 Å². The summed E-state index contributed by atoms with van der Waals surface area (Å²) in [5, 5.41) is 0. The predicted octanol–water partition coefficient (Wildman–Crippen LogP) is 1.37. The van der Waals surface area contributed by atoms with Crippen molar-refractivity contribution in [2.24, 2.45) is 17.7 Å². The lowest BCUT2D eigenvalue weighted by Crippen LogP contribution is -2.57. The molecular formula is C14H29N3O. The number of hydrazine groups is 1. The van der Waals surface area contributed by atoms with Gasteiger partial charge in [-0.25, -0.2) is 0 Å². The van der Waals surface area contributed by atoms with E-state index in [-0.39, 0.29) is 6.10 Å². The van der Waals surface area contributed by atoms with Crippen molar-refractivity contribution in [1.29, 1.82) is 0 Å². The smallest absolute Gasteiger partial charge is 0.0871 e. The van der Waals surface area contributed by atoms with Gasteiger partial charge in [-0.2, -0.15) is 0 Å². The highest BCUT2D eigenvalue weighted by molar-refractivity contribution is 4.89. The topological polar surface area (TPSA) is 50.5 Å². The molecule has 0 aromatic rings. The normalized spacial score (nSPS) is 36.5. The van der Waals surface area contributed by atoms with Crippen LogP contribution < -0.4 is 11.3 Å². The molecule has 2 aliphatic rings. The number of ether oxygens (including phenoxy) is 1. The zero-order chi connectivity index (χ0) is 13.0. The van der Waals surface area contributed by atoms with Crippen molar-refractivity contribution in [3.63, 3.8) is 0 Å². The number of rotatable bonds is 4. The van der Waals surface area contributed by atoms with Gasteiger partial charge in [0.15, 0.2) is 0 Å². The van der Waals surface area contributed by atoms with E-state index in [1.54, 1.807) is 0 Å². The molecular weight excluding hydrogens is 226 g/mol. The van der Waals surface area contributed by atoms with Crippen LogP contribution in [0.4, 0.5) is 0 Å². The van der Waals surface area contributed by atoms with Gasteiger partial charge >= 0.3 is 0 Å². The summed E-state index contributed by atoms with van der Waals surface area (Å²) in [6.07, 6.45) is 5.57. The Hall–Kier alpha value is -0.160. The second kappa shape index (κ2) is 6.85. The first-order valence-corrected chi connectivity index (χ1v) is 7.54. The van der Waals surface area contributed by atoms with Crippen molar-refractivity contribution in [3.05, 3.63) is 0 Å². The zero-order valence-electron chi connectivity index (χ0n) is 11.9. The van der Waals surface area contributed by atoms with E-state index >= 15 is 0 Å². The third-order valence-electron chi connectivity index (χ3n) is 4.70. The first kappa shape index (κ1) is 14.3. The maximum atomic E-state index is 5.97. The Kier molecular flexibility index (Phi) is 5.42. The van der Waals surface area contributed by atoms with Crippen LogP contribution in [0.1, 0.15) is 39.5 Å². The molecule has 0 aromatic heterocycles. The van der Waals surface area contributed by atoms with E-state index in [0.717, 1.165) is 32.2 Å². The lowest BCUT2D eigenvalue weighted by atomic mass is 9.77. The quantitative estimate of drug-likeness (QED) is 0.588. The van der Waals surface area contributed by atoms with Gasteiger partial charge in [-0.15, -0.1) is 0 Å². The Balaban J connectivity index is 1.94. The van der Waals surface area contributed by atoms with Gasteiger partial charge < -0.3 is 4.74 Å². The fourth-order valence-corrected chi connectivity index (χ4v) is 3.59. The van der Waals surface area contributed by atoms with Gasteiger partial charge in [0.25, 0.3) is 0 Å². The summed E-state index contributed by atoms with van der Waals surface area (Å²) in [6, 6.07) is 0.321. The monoisotopic (exact) mass is 255 g/mol. The molecule has 106 valence electrons. The maximum Gasteiger partial charge on any atom is 0.0871 e. The molecule has 1 heterocycles. The summed E-state index contributed by atoms with van der Waals surface area (Å²) in [5.41, 5.74) is 3.06. The van der Waals surface area contributed by atoms with Crippen LogP contribution in [0.2, 0.25) is 0 Å². The van der Waals surface area contributed by atoms with Crippen LogP contribution in [0.15, 0.2) is 0 Å². The molecule has 1 saturated carbocycles. The van der Waals surface area contributed by atoms with Crippen molar-refractivity contribution in [2.45, 2.75) is 51.7 Å². The second-order valence-electron chi connectivity index (χ2n) is 6.03. The van der Waals surface area contributed by atoms with Crippen molar-refractivity contribution in [3.8, 4) is 0 Å². The minimum Gasteiger partial charge on any atom is -0.374 e. The van der Waals surface area contributed by atoms with Gasteiger partial charge in [0.2, 0.25) is 0 Å². The average Bonchev–Trinajstić information content (AvgIpc) is 2.40. The van der Waals surface area contributed by atoms with E-state index in [0.29, 0.717) is 12.0 Å². The molecule has 18 heavy (non-hydrogen) atoms. The van der Waals surface area contributed by atoms with Gasteiger partial charge in [0, 0.05) is 13.1 Å². The second-order valence-corrected chi connectivity index (χ2v) is 6.03. The summed E-state index contributed by atoms with van der Waals surface area (Å²) in [4.78, 5) is 2.46.